The minimum atomic E-state index is -0.335. The molecule has 1 aromatic carbocycles. The van der Waals surface area contributed by atoms with Crippen molar-refractivity contribution in [2.75, 3.05) is 34.3 Å². The van der Waals surface area contributed by atoms with Crippen molar-refractivity contribution in [2.24, 2.45) is 0 Å². The Labute approximate surface area is 143 Å². The topological polar surface area (TPSA) is 54.7 Å². The predicted octanol–water partition coefficient (Wildman–Crippen LogP) is 2.81. The van der Waals surface area contributed by atoms with Gasteiger partial charge in [-0.15, -0.1) is 12.4 Å². The molecule has 2 rings (SSSR count). The van der Waals surface area contributed by atoms with Crippen molar-refractivity contribution in [2.45, 2.75) is 6.54 Å². The molecule has 1 heterocycles. The fourth-order valence-electron chi connectivity index (χ4n) is 2.15. The van der Waals surface area contributed by atoms with Gasteiger partial charge in [0.2, 0.25) is 0 Å². The Hall–Kier alpha value is -1.82. The van der Waals surface area contributed by atoms with E-state index >= 15 is 0 Å². The molecule has 23 heavy (non-hydrogen) atoms. The largest absolute Gasteiger partial charge is 0.465 e. The summed E-state index contributed by atoms with van der Waals surface area (Å²) < 4.78 is 10.6. The van der Waals surface area contributed by atoms with E-state index in [9.17, 15) is 4.79 Å². The molecule has 0 radical (unpaired) electrons. The maximum atomic E-state index is 11.4. The second-order valence-corrected chi connectivity index (χ2v) is 5.18. The Morgan fingerprint density at radius 1 is 1.22 bits per heavy atom. The Balaban J connectivity index is 0.00000264. The smallest absolute Gasteiger partial charge is 0.337 e. The molecule has 0 aliphatic heterocycles. The van der Waals surface area contributed by atoms with Crippen molar-refractivity contribution in [3.05, 3.63) is 47.7 Å². The highest BCUT2D eigenvalue weighted by Crippen LogP contribution is 2.23. The van der Waals surface area contributed by atoms with Crippen LogP contribution in [-0.2, 0) is 11.3 Å². The summed E-state index contributed by atoms with van der Waals surface area (Å²) in [5.74, 6) is 1.39. The number of hydrogen-bond donors (Lipinski definition) is 1. The molecule has 126 valence electrons. The highest BCUT2D eigenvalue weighted by molar-refractivity contribution is 5.89. The number of halogens is 1. The first-order valence-corrected chi connectivity index (χ1v) is 7.24. The molecule has 0 aliphatic rings. The SMILES string of the molecule is CNCCN(C)Cc1ccc(-c2ccc(C(=O)OC)cc2)o1.Cl. The summed E-state index contributed by atoms with van der Waals surface area (Å²) in [5, 5.41) is 3.12. The number of benzene rings is 1. The summed E-state index contributed by atoms with van der Waals surface area (Å²) in [6.45, 7) is 2.67. The van der Waals surface area contributed by atoms with Gasteiger partial charge < -0.3 is 14.5 Å². The fraction of sp³-hybridized carbons (Fsp3) is 0.353. The van der Waals surface area contributed by atoms with Crippen LogP contribution in [0.15, 0.2) is 40.8 Å². The van der Waals surface area contributed by atoms with Crippen LogP contribution < -0.4 is 5.32 Å². The molecule has 0 fully saturated rings. The number of hydrogen-bond acceptors (Lipinski definition) is 5. The predicted molar refractivity (Wildman–Crippen MR) is 93.0 cm³/mol. The van der Waals surface area contributed by atoms with E-state index in [0.29, 0.717) is 5.56 Å². The standard InChI is InChI=1S/C17H22N2O3.ClH/c1-18-10-11-19(2)12-15-8-9-16(22-15)13-4-6-14(7-5-13)17(20)21-3;/h4-9,18H,10-12H2,1-3H3;1H. The number of furan rings is 1. The molecular formula is C17H23ClN2O3. The second-order valence-electron chi connectivity index (χ2n) is 5.18. The summed E-state index contributed by atoms with van der Waals surface area (Å²) in [6.07, 6.45) is 0. The number of carbonyl (C=O) groups is 1. The van der Waals surface area contributed by atoms with Gasteiger partial charge in [0, 0.05) is 18.7 Å². The Morgan fingerprint density at radius 3 is 2.52 bits per heavy atom. The van der Waals surface area contributed by atoms with Crippen LogP contribution >= 0.6 is 12.4 Å². The van der Waals surface area contributed by atoms with Crippen molar-refractivity contribution < 1.29 is 13.9 Å². The fourth-order valence-corrected chi connectivity index (χ4v) is 2.15. The van der Waals surface area contributed by atoms with Crippen LogP contribution in [0.1, 0.15) is 16.1 Å². The molecule has 0 saturated heterocycles. The van der Waals surface area contributed by atoms with Crippen molar-refractivity contribution in [1.29, 1.82) is 0 Å². The number of methoxy groups -OCH3 is 1. The van der Waals surface area contributed by atoms with E-state index < -0.39 is 0 Å². The van der Waals surface area contributed by atoms with Gasteiger partial charge in [0.25, 0.3) is 0 Å². The monoisotopic (exact) mass is 338 g/mol. The maximum absolute atomic E-state index is 11.4. The summed E-state index contributed by atoms with van der Waals surface area (Å²) in [6, 6.07) is 11.1. The van der Waals surface area contributed by atoms with Crippen molar-refractivity contribution in [3.8, 4) is 11.3 Å². The van der Waals surface area contributed by atoms with Gasteiger partial charge in [-0.3, -0.25) is 4.90 Å². The van der Waals surface area contributed by atoms with Crippen molar-refractivity contribution in [3.63, 3.8) is 0 Å². The number of rotatable bonds is 7. The number of likely N-dealkylation sites (N-methyl/N-ethyl adjacent to an activating group) is 2. The molecule has 0 bridgehead atoms. The van der Waals surface area contributed by atoms with Gasteiger partial charge in [0.15, 0.2) is 0 Å². The van der Waals surface area contributed by atoms with E-state index in [1.165, 1.54) is 7.11 Å². The van der Waals surface area contributed by atoms with Gasteiger partial charge in [-0.1, -0.05) is 12.1 Å². The van der Waals surface area contributed by atoms with Crippen LogP contribution in [0.2, 0.25) is 0 Å². The molecule has 0 aliphatic carbocycles. The Bertz CT molecular complexity index is 611. The molecule has 0 saturated carbocycles. The lowest BCUT2D eigenvalue weighted by atomic mass is 10.1. The van der Waals surface area contributed by atoms with Gasteiger partial charge in [-0.2, -0.15) is 0 Å². The minimum absolute atomic E-state index is 0. The molecule has 0 unspecified atom stereocenters. The second kappa shape index (κ2) is 9.35. The van der Waals surface area contributed by atoms with E-state index in [2.05, 4.69) is 22.0 Å². The molecule has 6 heteroatoms. The number of ether oxygens (including phenoxy) is 1. The van der Waals surface area contributed by atoms with Gasteiger partial charge in [0.1, 0.15) is 11.5 Å². The summed E-state index contributed by atoms with van der Waals surface area (Å²) >= 11 is 0. The highest BCUT2D eigenvalue weighted by atomic mass is 35.5. The normalized spacial score (nSPS) is 10.4. The molecule has 5 nitrogen and oxygen atoms in total. The van der Waals surface area contributed by atoms with E-state index in [-0.39, 0.29) is 18.4 Å². The lowest BCUT2D eigenvalue weighted by Gasteiger charge is -2.14. The summed E-state index contributed by atoms with van der Waals surface area (Å²) in [4.78, 5) is 13.6. The van der Waals surface area contributed by atoms with Crippen molar-refractivity contribution >= 4 is 18.4 Å². The molecule has 1 aromatic heterocycles. The number of carbonyl (C=O) groups excluding carboxylic acids is 1. The summed E-state index contributed by atoms with van der Waals surface area (Å²) in [7, 11) is 5.38. The Kier molecular flexibility index (Phi) is 7.81. The van der Waals surface area contributed by atoms with Crippen LogP contribution in [0.4, 0.5) is 0 Å². The third-order valence-electron chi connectivity index (χ3n) is 3.42. The molecule has 1 N–H and O–H groups in total. The van der Waals surface area contributed by atoms with E-state index in [0.717, 1.165) is 36.7 Å². The Morgan fingerprint density at radius 2 is 1.91 bits per heavy atom. The van der Waals surface area contributed by atoms with Crippen molar-refractivity contribution in [1.82, 2.24) is 10.2 Å². The zero-order valence-corrected chi connectivity index (χ0v) is 14.5. The first kappa shape index (κ1) is 19.2. The number of esters is 1. The lowest BCUT2D eigenvalue weighted by molar-refractivity contribution is 0.0600. The number of nitrogens with one attached hydrogen (secondary N) is 1. The zero-order chi connectivity index (χ0) is 15.9. The molecule has 0 atom stereocenters. The average molecular weight is 339 g/mol. The van der Waals surface area contributed by atoms with Gasteiger partial charge >= 0.3 is 5.97 Å². The first-order valence-electron chi connectivity index (χ1n) is 7.24. The van der Waals surface area contributed by atoms with Crippen LogP contribution in [0, 0.1) is 0 Å². The molecule has 0 spiro atoms. The van der Waals surface area contributed by atoms with Gasteiger partial charge in [-0.05, 0) is 38.4 Å². The van der Waals surface area contributed by atoms with Gasteiger partial charge in [-0.25, -0.2) is 4.79 Å². The first-order chi connectivity index (χ1) is 10.6. The maximum Gasteiger partial charge on any atom is 0.337 e. The minimum Gasteiger partial charge on any atom is -0.465 e. The van der Waals surface area contributed by atoms with E-state index in [4.69, 9.17) is 4.42 Å². The molecular weight excluding hydrogens is 316 g/mol. The third-order valence-corrected chi connectivity index (χ3v) is 3.42. The van der Waals surface area contributed by atoms with E-state index in [1.54, 1.807) is 12.1 Å². The van der Waals surface area contributed by atoms with E-state index in [1.807, 2.05) is 31.3 Å². The summed E-state index contributed by atoms with van der Waals surface area (Å²) in [5.41, 5.74) is 1.47. The lowest BCUT2D eigenvalue weighted by Crippen LogP contribution is -2.26. The average Bonchev–Trinajstić information content (AvgIpc) is 3.00. The molecule has 0 amide bonds. The highest BCUT2D eigenvalue weighted by Gasteiger charge is 2.09. The van der Waals surface area contributed by atoms with Crippen LogP contribution in [-0.4, -0.2) is 45.2 Å². The van der Waals surface area contributed by atoms with Crippen LogP contribution in [0.25, 0.3) is 11.3 Å². The number of nitrogens with zero attached hydrogens (tertiary/aromatic N) is 1. The van der Waals surface area contributed by atoms with Crippen LogP contribution in [0.5, 0.6) is 0 Å². The zero-order valence-electron chi connectivity index (χ0n) is 13.7. The molecule has 2 aromatic rings. The quantitative estimate of drug-likeness (QED) is 0.787. The third kappa shape index (κ3) is 5.39. The van der Waals surface area contributed by atoms with Crippen LogP contribution in [0.3, 0.4) is 0 Å². The van der Waals surface area contributed by atoms with Gasteiger partial charge in [0.05, 0.1) is 19.2 Å².